The van der Waals surface area contributed by atoms with Crippen molar-refractivity contribution in [3.8, 4) is 51.4 Å². The Kier molecular flexibility index (Phi) is 31.6. The molecule has 18 N–H and O–H groups in total. The first-order valence-corrected chi connectivity index (χ1v) is 43.6. The first-order valence-electron chi connectivity index (χ1n) is 42.8. The number of halogens is 2. The van der Waals surface area contributed by atoms with E-state index in [1.807, 2.05) is 6.20 Å². The molecule has 4 aromatic carbocycles. The van der Waals surface area contributed by atoms with E-state index in [9.17, 15) is 65.8 Å². The lowest BCUT2D eigenvalue weighted by Crippen LogP contribution is -2.66. The molecule has 1 saturated heterocycles. The van der Waals surface area contributed by atoms with Gasteiger partial charge in [-0.05, 0) is 114 Å². The second-order valence-corrected chi connectivity index (χ2v) is 33.4. The molecule has 0 saturated carbocycles. The van der Waals surface area contributed by atoms with Gasteiger partial charge in [-0.2, -0.15) is 0 Å². The third-order valence-electron chi connectivity index (χ3n) is 23.0. The fourth-order valence-electron chi connectivity index (χ4n) is 16.5. The van der Waals surface area contributed by atoms with Gasteiger partial charge >= 0.3 is 5.97 Å². The molecule has 3 aliphatic carbocycles. The summed E-state index contributed by atoms with van der Waals surface area (Å²) in [6, 6.07) is -4.46. The number of aliphatic carboxylic acids is 1. The molecule has 6 aromatic rings. The van der Waals surface area contributed by atoms with Crippen molar-refractivity contribution in [2.45, 2.75) is 195 Å². The second kappa shape index (κ2) is 43.5. The van der Waals surface area contributed by atoms with Gasteiger partial charge in [0, 0.05) is 61.5 Å². The fraction of sp³-hybridized carbons (Fsp3) is 0.466. The van der Waals surface area contributed by atoms with Gasteiger partial charge in [0.15, 0.2) is 35.3 Å². The van der Waals surface area contributed by atoms with Crippen molar-refractivity contribution >= 4 is 64.6 Å². The van der Waals surface area contributed by atoms with Crippen molar-refractivity contribution in [2.75, 3.05) is 59.5 Å². The van der Waals surface area contributed by atoms with Crippen molar-refractivity contribution in [3.63, 3.8) is 0 Å². The van der Waals surface area contributed by atoms with E-state index in [1.165, 1.54) is 85.1 Å². The van der Waals surface area contributed by atoms with Crippen molar-refractivity contribution in [2.24, 2.45) is 5.92 Å². The Bertz CT molecular complexity index is 5390. The number of aromatic hydroxyl groups is 4. The number of aliphatic hydroxyl groups excluding tert-OH is 6. The minimum atomic E-state index is -2.46. The van der Waals surface area contributed by atoms with E-state index >= 15 is 24.0 Å². The van der Waals surface area contributed by atoms with E-state index < -0.39 is 215 Å². The van der Waals surface area contributed by atoms with E-state index in [0.29, 0.717) is 39.6 Å². The summed E-state index contributed by atoms with van der Waals surface area (Å²) in [6.07, 6.45) is 2.33. The molecule has 131 heavy (non-hydrogen) atoms. The van der Waals surface area contributed by atoms with Crippen LogP contribution < -0.4 is 46.7 Å². The van der Waals surface area contributed by atoms with Gasteiger partial charge in [-0.1, -0.05) is 90.9 Å². The number of unbranched alkanes of at least 4 members (excludes halogenated alkanes) is 5. The van der Waals surface area contributed by atoms with Gasteiger partial charge in [0.1, 0.15) is 113 Å². The van der Waals surface area contributed by atoms with Crippen LogP contribution in [0.2, 0.25) is 5.02 Å². The molecule has 43 heteroatoms. The minimum Gasteiger partial charge on any atom is -0.512 e. The summed E-state index contributed by atoms with van der Waals surface area (Å²) < 4.78 is 64.0. The number of aliphatic hydroxyl groups is 6. The number of nitrogens with one attached hydrogen (secondary N) is 7. The predicted octanol–water partition coefficient (Wildman–Crippen LogP) is 4.32. The molecule has 702 valence electrons. The van der Waals surface area contributed by atoms with E-state index in [-0.39, 0.29) is 113 Å². The number of benzene rings is 4. The van der Waals surface area contributed by atoms with Crippen LogP contribution in [-0.2, 0) is 97.6 Å². The van der Waals surface area contributed by atoms with Crippen LogP contribution in [0.1, 0.15) is 129 Å². The summed E-state index contributed by atoms with van der Waals surface area (Å²) in [4.78, 5) is 106. The highest BCUT2D eigenvalue weighted by atomic mass is 35.5. The zero-order valence-corrected chi connectivity index (χ0v) is 72.6. The van der Waals surface area contributed by atoms with Crippen molar-refractivity contribution < 1.29 is 137 Å². The van der Waals surface area contributed by atoms with E-state index in [4.69, 9.17) is 70.6 Å². The maximum Gasteiger partial charge on any atom is 0.330 e. The molecule has 41 nitrogen and oxygen atoms in total. The van der Waals surface area contributed by atoms with Crippen LogP contribution in [0, 0.1) is 5.92 Å². The Hall–Kier alpha value is -11.8. The van der Waals surface area contributed by atoms with Crippen molar-refractivity contribution in [1.29, 1.82) is 0 Å². The fourth-order valence-corrected chi connectivity index (χ4v) is 17.0. The summed E-state index contributed by atoms with van der Waals surface area (Å²) in [5.41, 5.74) is -1.26. The number of rotatable bonds is 29. The molecule has 7 aliphatic heterocycles. The zero-order chi connectivity index (χ0) is 92.8. The van der Waals surface area contributed by atoms with Crippen molar-refractivity contribution in [3.05, 3.63) is 182 Å². The lowest BCUT2D eigenvalue weighted by Gasteiger charge is -2.44. The predicted molar refractivity (Wildman–Crippen MR) is 458 cm³/mol. The van der Waals surface area contributed by atoms with Gasteiger partial charge in [-0.15, -0.1) is 10.2 Å². The van der Waals surface area contributed by atoms with Gasteiger partial charge in [0.25, 0.3) is 0 Å². The number of allylic oxidation sites excluding steroid dienone is 2. The molecule has 0 radical (unpaired) electrons. The van der Waals surface area contributed by atoms with Gasteiger partial charge in [-0.25, -0.2) is 14.2 Å². The number of carbonyl (C=O) groups is 7. The monoisotopic (exact) mass is 1860 g/mol. The summed E-state index contributed by atoms with van der Waals surface area (Å²) in [6.45, 7) is 5.60. The molecule has 9 heterocycles. The number of nitrogens with zero attached hydrogens (tertiary/aromatic N) is 6. The van der Waals surface area contributed by atoms with E-state index in [0.717, 1.165) is 74.0 Å². The Labute approximate surface area is 758 Å². The Morgan fingerprint density at radius 2 is 1.35 bits per heavy atom. The second-order valence-electron chi connectivity index (χ2n) is 32.5. The lowest BCUT2D eigenvalue weighted by molar-refractivity contribution is -0.279. The van der Waals surface area contributed by atoms with E-state index in [2.05, 4.69) is 64.8 Å². The standard InChI is InChI=1S/C88H103Cl2N13O28/c1-3-4-5-6-7-8-18-125-41-50-38-102(100-98-50)17-19-122-20-21-123-22-23-124-24-25-126-42-51-39-103(101-99-51)76-46-11-14-61(109)65(32-46)127-54-29-48(28-52(106)35-54)71-83(116)95-72-49-33-66(128-63-15-9-44(26-57(63)89)27-59(81(114)93-71)92-86(76)119)77(111)67(34-49)129-64-16-12-47(31-58(64)90)80(131-88-74(91-43(2)105)79(113)78(112)68(40-104)130-88)75-85(118)96-73(87(120)121)56-36-53(107)37-62(110)69(56)55-30-45(10-13-60(55)108)70(82(115)97-75)94-84(72)117/h9-10,12-15,26,28-34,36-39,46,54,59,64,68,70-76,78-80,84,88,94,104,106-113,117H,3-8,11,16-25,27,35,40-42H2,1-2H3,(H,91,105)(H,92,119)(H,93,114)(H,95,116)(H,96,118)(H,97,115)(H,120,121)/t46?,54?,59-,64?,68-,70-,71+,72-,73-,74-,75-,76-,78-,79-,80-,84?,88+/m1/s1. The molecular formula is C88H103Cl2N13O28. The summed E-state index contributed by atoms with van der Waals surface area (Å²) in [5, 5.41) is 164. The molecule has 17 atom stereocenters. The number of phenols is 4. The van der Waals surface area contributed by atoms with Crippen LogP contribution in [-0.4, -0.2) is 260 Å². The van der Waals surface area contributed by atoms with Crippen LogP contribution in [0.15, 0.2) is 143 Å². The summed E-state index contributed by atoms with van der Waals surface area (Å²) >= 11 is 14.4. The smallest absolute Gasteiger partial charge is 0.330 e. The first-order chi connectivity index (χ1) is 63.1. The molecule has 16 rings (SSSR count). The molecule has 2 aromatic heterocycles. The Morgan fingerprint density at radius 3 is 2.09 bits per heavy atom. The number of amides is 6. The number of carboxylic acid groups (broad SMARTS) is 1. The van der Waals surface area contributed by atoms with Gasteiger partial charge in [-0.3, -0.25) is 34.1 Å². The number of carboxylic acids is 1. The third kappa shape index (κ3) is 23.2. The molecule has 17 bridgehead atoms. The Morgan fingerprint density at radius 1 is 0.641 bits per heavy atom. The number of fused-ring (bicyclic) bond motifs is 11. The molecule has 4 unspecified atom stereocenters. The molecule has 1 fully saturated rings. The normalized spacial score (nSPS) is 26.2. The number of carbonyl (C=O) groups excluding carboxylic acids is 6. The lowest BCUT2D eigenvalue weighted by atomic mass is 9.89. The average Bonchev–Trinajstić information content (AvgIpc) is 1.04. The van der Waals surface area contributed by atoms with Crippen LogP contribution in [0.25, 0.3) is 11.1 Å². The largest absolute Gasteiger partial charge is 0.512 e. The summed E-state index contributed by atoms with van der Waals surface area (Å²) in [5.74, 6) is -14.9. The number of ether oxygens (including phenoxy) is 10. The van der Waals surface area contributed by atoms with Crippen LogP contribution >= 0.6 is 23.2 Å². The number of hydrogen-bond acceptors (Lipinski definition) is 32. The highest BCUT2D eigenvalue weighted by Crippen LogP contribution is 2.48. The van der Waals surface area contributed by atoms with Crippen LogP contribution in [0.3, 0.4) is 0 Å². The highest BCUT2D eigenvalue weighted by molar-refractivity contribution is 6.32. The highest BCUT2D eigenvalue weighted by Gasteiger charge is 2.50. The maximum atomic E-state index is 16.3. The topological polar surface area (TPSA) is 580 Å². The van der Waals surface area contributed by atoms with Gasteiger partial charge in [0.2, 0.25) is 41.2 Å². The zero-order valence-electron chi connectivity index (χ0n) is 71.1. The van der Waals surface area contributed by atoms with Crippen molar-refractivity contribution in [1.82, 2.24) is 67.2 Å². The van der Waals surface area contributed by atoms with Gasteiger partial charge in [0.05, 0.1) is 107 Å². The van der Waals surface area contributed by atoms with Crippen LogP contribution in [0.4, 0.5) is 0 Å². The van der Waals surface area contributed by atoms with Crippen LogP contribution in [0.5, 0.6) is 40.2 Å². The Balaban J connectivity index is 0.765. The third-order valence-corrected chi connectivity index (χ3v) is 23.7. The molecular weight excluding hydrogens is 1760 g/mol. The molecule has 0 spiro atoms. The minimum absolute atomic E-state index is 0.0130. The molecule has 6 amide bonds. The first kappa shape index (κ1) is 95.3. The SMILES string of the molecule is CCCCCCCCOCc1cn(CCOCCOCCOCCOCc2cn([C@H]3C(=O)N[C@@H]4Cc5ccc(c(Cl)c5)Oc5cc6cc(c5O)OC5CC=C(C=C5Cl)[C@@H](O[C@@H]5O[C@H](CO)[C@@H](O)[C@H](O)[C@H]5NC(C)=O)[C@H]5NC(=O)[C@H](NC(O)[C@@H]6NC(=O)[C@@H](NC4=O)C4=CC(CC(O)=C4)OC4=CC3CC=C4O)c3ccc(O)c(c3)-c3c(O)cc(O)cc3[C@H](C(=O)O)NC5=O)nn2)nn1. The number of hydrogen-bond donors (Lipinski definition) is 18. The number of phenolic OH excluding ortho intramolecular Hbond substituents is 4. The quantitative estimate of drug-likeness (QED) is 0.0291. The number of aromatic nitrogens is 6. The van der Waals surface area contributed by atoms with E-state index in [1.54, 1.807) is 4.68 Å². The van der Waals surface area contributed by atoms with Gasteiger partial charge < -0.3 is 135 Å². The summed E-state index contributed by atoms with van der Waals surface area (Å²) in [7, 11) is 0. The molecule has 10 aliphatic rings. The maximum absolute atomic E-state index is 16.3. The average molecular weight is 1860 g/mol.